The lowest BCUT2D eigenvalue weighted by Crippen LogP contribution is -2.30. The summed E-state index contributed by atoms with van der Waals surface area (Å²) in [6.07, 6.45) is 1.22. The van der Waals surface area contributed by atoms with Gasteiger partial charge >= 0.3 is 0 Å². The van der Waals surface area contributed by atoms with Crippen LogP contribution in [0.25, 0.3) is 0 Å². The van der Waals surface area contributed by atoms with E-state index in [9.17, 15) is 13.6 Å². The monoisotopic (exact) mass is 297 g/mol. The number of anilines is 1. The van der Waals surface area contributed by atoms with Crippen molar-refractivity contribution in [1.82, 2.24) is 10.6 Å². The second-order valence-corrected chi connectivity index (χ2v) is 5.17. The third-order valence-corrected chi connectivity index (χ3v) is 3.46. The number of amides is 1. The minimum atomic E-state index is -0.572. The minimum Gasteiger partial charge on any atom is -0.365 e. The van der Waals surface area contributed by atoms with Gasteiger partial charge in [0.2, 0.25) is 5.91 Å². The van der Waals surface area contributed by atoms with E-state index in [1.54, 1.807) is 4.90 Å². The molecule has 1 aliphatic rings. The van der Waals surface area contributed by atoms with Crippen LogP contribution in [0.5, 0.6) is 0 Å². The zero-order chi connectivity index (χ0) is 15.2. The van der Waals surface area contributed by atoms with Gasteiger partial charge in [-0.15, -0.1) is 0 Å². The lowest BCUT2D eigenvalue weighted by Gasteiger charge is -2.23. The Labute approximate surface area is 123 Å². The zero-order valence-corrected chi connectivity index (χ0v) is 12.2. The molecule has 0 saturated carbocycles. The molecule has 1 aromatic rings. The Kier molecular flexibility index (Phi) is 5.50. The summed E-state index contributed by atoms with van der Waals surface area (Å²) in [5.41, 5.74) is 0.553. The van der Waals surface area contributed by atoms with E-state index in [1.807, 2.05) is 6.92 Å². The van der Waals surface area contributed by atoms with Crippen molar-refractivity contribution in [3.05, 3.63) is 29.3 Å². The molecule has 116 valence electrons. The van der Waals surface area contributed by atoms with Crippen LogP contribution in [0.3, 0.4) is 0 Å². The first-order chi connectivity index (χ1) is 10.1. The Bertz CT molecular complexity index is 485. The van der Waals surface area contributed by atoms with Gasteiger partial charge in [-0.05, 0) is 30.7 Å². The van der Waals surface area contributed by atoms with Gasteiger partial charge in [0, 0.05) is 32.6 Å². The van der Waals surface area contributed by atoms with E-state index in [2.05, 4.69) is 10.6 Å². The lowest BCUT2D eigenvalue weighted by molar-refractivity contribution is -0.120. The fourth-order valence-corrected chi connectivity index (χ4v) is 2.42. The number of hydrogen-bond donors (Lipinski definition) is 2. The molecular formula is C15H21F2N3O. The van der Waals surface area contributed by atoms with E-state index in [0.717, 1.165) is 13.0 Å². The van der Waals surface area contributed by atoms with Gasteiger partial charge in [0.05, 0.1) is 0 Å². The standard InChI is InChI=1S/C15H21F2N3O/c1-2-4-18-10-11-8-12(16)15(13(17)9-11)20-6-3-14(21)19-5-7-20/h8-9,18H,2-7,10H2,1H3,(H,19,21). The van der Waals surface area contributed by atoms with Crippen LogP contribution in [0.4, 0.5) is 14.5 Å². The van der Waals surface area contributed by atoms with Crippen molar-refractivity contribution >= 4 is 11.6 Å². The Morgan fingerprint density at radius 3 is 2.67 bits per heavy atom. The number of nitrogens with zero attached hydrogens (tertiary/aromatic N) is 1. The normalized spacial score (nSPS) is 15.8. The van der Waals surface area contributed by atoms with Crippen LogP contribution in [0.2, 0.25) is 0 Å². The van der Waals surface area contributed by atoms with Crippen molar-refractivity contribution < 1.29 is 13.6 Å². The first kappa shape index (κ1) is 15.7. The second-order valence-electron chi connectivity index (χ2n) is 5.17. The van der Waals surface area contributed by atoms with Crippen molar-refractivity contribution in [3.8, 4) is 0 Å². The molecule has 1 fully saturated rings. The van der Waals surface area contributed by atoms with Gasteiger partial charge in [-0.25, -0.2) is 8.78 Å². The van der Waals surface area contributed by atoms with Gasteiger partial charge in [-0.2, -0.15) is 0 Å². The maximum atomic E-state index is 14.2. The minimum absolute atomic E-state index is 0.0364. The van der Waals surface area contributed by atoms with Crippen LogP contribution >= 0.6 is 0 Å². The van der Waals surface area contributed by atoms with Gasteiger partial charge in [0.25, 0.3) is 0 Å². The highest BCUT2D eigenvalue weighted by Crippen LogP contribution is 2.25. The summed E-state index contributed by atoms with van der Waals surface area (Å²) < 4.78 is 28.4. The van der Waals surface area contributed by atoms with Crippen LogP contribution in [-0.2, 0) is 11.3 Å². The average molecular weight is 297 g/mol. The Hall–Kier alpha value is -1.69. The van der Waals surface area contributed by atoms with E-state index in [1.165, 1.54) is 12.1 Å². The van der Waals surface area contributed by atoms with Crippen LogP contribution in [0.1, 0.15) is 25.3 Å². The average Bonchev–Trinajstić information content (AvgIpc) is 2.64. The smallest absolute Gasteiger partial charge is 0.221 e. The third-order valence-electron chi connectivity index (χ3n) is 3.46. The number of carbonyl (C=O) groups is 1. The SMILES string of the molecule is CCCNCc1cc(F)c(N2CCNC(=O)CC2)c(F)c1. The van der Waals surface area contributed by atoms with Crippen molar-refractivity contribution in [2.45, 2.75) is 26.3 Å². The number of benzene rings is 1. The molecule has 1 amide bonds. The maximum Gasteiger partial charge on any atom is 0.221 e. The van der Waals surface area contributed by atoms with Crippen LogP contribution in [0.15, 0.2) is 12.1 Å². The summed E-state index contributed by atoms with van der Waals surface area (Å²) in [5.74, 6) is -1.23. The van der Waals surface area contributed by atoms with Crippen molar-refractivity contribution in [1.29, 1.82) is 0 Å². The highest BCUT2D eigenvalue weighted by molar-refractivity contribution is 5.77. The predicted octanol–water partition coefficient (Wildman–Crippen LogP) is 1.79. The summed E-state index contributed by atoms with van der Waals surface area (Å²) in [5, 5.41) is 5.81. The largest absolute Gasteiger partial charge is 0.365 e. The number of carbonyl (C=O) groups excluding carboxylic acids is 1. The highest BCUT2D eigenvalue weighted by atomic mass is 19.1. The van der Waals surface area contributed by atoms with E-state index < -0.39 is 11.6 Å². The maximum absolute atomic E-state index is 14.2. The molecule has 0 aliphatic carbocycles. The van der Waals surface area contributed by atoms with Gasteiger partial charge in [-0.1, -0.05) is 6.92 Å². The Morgan fingerprint density at radius 2 is 2.00 bits per heavy atom. The summed E-state index contributed by atoms with van der Waals surface area (Å²) in [7, 11) is 0. The summed E-state index contributed by atoms with van der Waals surface area (Å²) in [6, 6.07) is 2.72. The molecule has 1 aliphatic heterocycles. The van der Waals surface area contributed by atoms with Crippen molar-refractivity contribution in [2.24, 2.45) is 0 Å². The molecule has 2 rings (SSSR count). The first-order valence-corrected chi connectivity index (χ1v) is 7.32. The van der Waals surface area contributed by atoms with Gasteiger partial charge in [-0.3, -0.25) is 4.79 Å². The molecule has 0 unspecified atom stereocenters. The lowest BCUT2D eigenvalue weighted by atomic mass is 10.1. The molecule has 0 atom stereocenters. The fraction of sp³-hybridized carbons (Fsp3) is 0.533. The molecule has 0 radical (unpaired) electrons. The van der Waals surface area contributed by atoms with E-state index in [0.29, 0.717) is 31.7 Å². The molecular weight excluding hydrogens is 276 g/mol. The molecule has 1 heterocycles. The molecule has 0 bridgehead atoms. The predicted molar refractivity (Wildman–Crippen MR) is 78.2 cm³/mol. The summed E-state index contributed by atoms with van der Waals surface area (Å²) in [4.78, 5) is 12.9. The molecule has 1 aromatic carbocycles. The molecule has 2 N–H and O–H groups in total. The van der Waals surface area contributed by atoms with Crippen LogP contribution < -0.4 is 15.5 Å². The van der Waals surface area contributed by atoms with Gasteiger partial charge in [0.1, 0.15) is 17.3 Å². The molecule has 1 saturated heterocycles. The van der Waals surface area contributed by atoms with E-state index >= 15 is 0 Å². The second kappa shape index (κ2) is 7.36. The van der Waals surface area contributed by atoms with Crippen molar-refractivity contribution in [2.75, 3.05) is 31.1 Å². The number of halogens is 2. The van der Waals surface area contributed by atoms with Crippen LogP contribution in [-0.4, -0.2) is 32.1 Å². The molecule has 4 nitrogen and oxygen atoms in total. The molecule has 0 aromatic heterocycles. The van der Waals surface area contributed by atoms with Gasteiger partial charge in [0.15, 0.2) is 0 Å². The van der Waals surface area contributed by atoms with Crippen LogP contribution in [0, 0.1) is 11.6 Å². The van der Waals surface area contributed by atoms with Crippen molar-refractivity contribution in [3.63, 3.8) is 0 Å². The highest BCUT2D eigenvalue weighted by Gasteiger charge is 2.21. The number of nitrogens with one attached hydrogen (secondary N) is 2. The quantitative estimate of drug-likeness (QED) is 0.815. The number of rotatable bonds is 5. The Morgan fingerprint density at radius 1 is 1.29 bits per heavy atom. The summed E-state index contributed by atoms with van der Waals surface area (Å²) >= 11 is 0. The molecule has 21 heavy (non-hydrogen) atoms. The van der Waals surface area contributed by atoms with Gasteiger partial charge < -0.3 is 15.5 Å². The molecule has 6 heteroatoms. The van der Waals surface area contributed by atoms with E-state index in [4.69, 9.17) is 0 Å². The fourth-order valence-electron chi connectivity index (χ4n) is 2.42. The zero-order valence-electron chi connectivity index (χ0n) is 12.2. The molecule has 0 spiro atoms. The Balaban J connectivity index is 2.14. The number of hydrogen-bond acceptors (Lipinski definition) is 3. The third kappa shape index (κ3) is 4.14. The topological polar surface area (TPSA) is 44.4 Å². The summed E-state index contributed by atoms with van der Waals surface area (Å²) in [6.45, 7) is 4.43. The first-order valence-electron chi connectivity index (χ1n) is 7.32. The van der Waals surface area contributed by atoms with E-state index in [-0.39, 0.29) is 18.0 Å².